The summed E-state index contributed by atoms with van der Waals surface area (Å²) < 4.78 is 23.9. The van der Waals surface area contributed by atoms with Crippen molar-refractivity contribution in [2.24, 2.45) is 56.7 Å². The maximum atomic E-state index is 11.9. The number of carboxylic acid groups (broad SMARTS) is 1. The molecule has 6 aliphatic rings. The number of nitrogens with zero attached hydrogens (tertiary/aromatic N) is 2. The van der Waals surface area contributed by atoms with E-state index in [-0.39, 0.29) is 10.8 Å². The number of fused-ring (bicyclic) bond motifs is 7. The third kappa shape index (κ3) is 6.10. The summed E-state index contributed by atoms with van der Waals surface area (Å²) in [4.78, 5) is 16.6. The Hall–Kier alpha value is -1.96. The quantitative estimate of drug-likeness (QED) is 0.256. The van der Waals surface area contributed by atoms with Gasteiger partial charge in [-0.25, -0.2) is 13.2 Å². The molecule has 7 rings (SSSR count). The van der Waals surface area contributed by atoms with Crippen LogP contribution in [0, 0.1) is 56.7 Å². The van der Waals surface area contributed by atoms with Gasteiger partial charge in [0.25, 0.3) is 0 Å². The molecule has 1 aromatic rings. The average molecular weight is 733 g/mol. The molecule has 5 aliphatic carbocycles. The highest BCUT2D eigenvalue weighted by atomic mass is 32.2. The minimum atomic E-state index is -2.83. The van der Waals surface area contributed by atoms with Gasteiger partial charge in [-0.2, -0.15) is 0 Å². The molecule has 1 aliphatic heterocycles. The lowest BCUT2D eigenvalue weighted by atomic mass is 9.32. The molecule has 1 saturated heterocycles. The summed E-state index contributed by atoms with van der Waals surface area (Å²) in [7, 11) is -0.485. The molecule has 288 valence electrons. The van der Waals surface area contributed by atoms with Gasteiger partial charge in [0.1, 0.15) is 0 Å². The summed E-state index contributed by atoms with van der Waals surface area (Å²) in [6.07, 6.45) is 15.3. The Morgan fingerprint density at radius 1 is 0.923 bits per heavy atom. The van der Waals surface area contributed by atoms with E-state index < -0.39 is 15.8 Å². The van der Waals surface area contributed by atoms with E-state index in [1.807, 2.05) is 12.1 Å². The first-order valence-corrected chi connectivity index (χ1v) is 22.5. The average Bonchev–Trinajstić information content (AvgIpc) is 3.45. The van der Waals surface area contributed by atoms with Crippen molar-refractivity contribution in [2.45, 2.75) is 106 Å². The van der Waals surface area contributed by atoms with E-state index in [2.05, 4.69) is 71.0 Å². The smallest absolute Gasteiger partial charge is 0.335 e. The number of carbonyl (C=O) groups is 1. The van der Waals surface area contributed by atoms with Crippen LogP contribution in [-0.4, -0.2) is 80.6 Å². The predicted octanol–water partition coefficient (Wildman–Crippen LogP) is 9.09. The predicted molar refractivity (Wildman–Crippen MR) is 213 cm³/mol. The molecular weight excluding hydrogens is 665 g/mol. The monoisotopic (exact) mass is 732 g/mol. The van der Waals surface area contributed by atoms with Crippen LogP contribution >= 0.6 is 0 Å². The molecule has 9 atom stereocenters. The van der Waals surface area contributed by atoms with Crippen LogP contribution in [0.5, 0.6) is 0 Å². The number of allylic oxidation sites excluding steroid dienone is 3. The highest BCUT2D eigenvalue weighted by Crippen LogP contribution is 2.77. The summed E-state index contributed by atoms with van der Waals surface area (Å²) in [5, 5.41) is 9.51. The Bertz CT molecular complexity index is 1690. The zero-order valence-electron chi connectivity index (χ0n) is 33.5. The summed E-state index contributed by atoms with van der Waals surface area (Å²) >= 11 is 0. The molecule has 7 heteroatoms. The van der Waals surface area contributed by atoms with Gasteiger partial charge >= 0.3 is 5.97 Å². The van der Waals surface area contributed by atoms with Gasteiger partial charge in [0, 0.05) is 19.6 Å². The summed E-state index contributed by atoms with van der Waals surface area (Å²) in [5.41, 5.74) is 5.58. The van der Waals surface area contributed by atoms with Crippen molar-refractivity contribution in [1.82, 2.24) is 9.80 Å². The van der Waals surface area contributed by atoms with E-state index in [4.69, 9.17) is 0 Å². The van der Waals surface area contributed by atoms with Crippen LogP contribution in [0.3, 0.4) is 0 Å². The lowest BCUT2D eigenvalue weighted by Gasteiger charge is -2.72. The molecule has 0 radical (unpaired) electrons. The van der Waals surface area contributed by atoms with Gasteiger partial charge in [-0.05, 0) is 171 Å². The molecule has 6 nitrogen and oxygen atoms in total. The van der Waals surface area contributed by atoms with Crippen molar-refractivity contribution in [1.29, 1.82) is 0 Å². The van der Waals surface area contributed by atoms with E-state index in [0.717, 1.165) is 31.8 Å². The van der Waals surface area contributed by atoms with Crippen molar-refractivity contribution in [3.63, 3.8) is 0 Å². The molecular formula is C45H68N2O4S. The highest BCUT2D eigenvalue weighted by Gasteiger charge is 2.70. The zero-order chi connectivity index (χ0) is 37.5. The standard InChI is InChI=1S/C45H68N2O4S/c1-31(2)34-16-21-45(30-46(8)24-9-25-47-26-28-52(50,51)29-27-47)23-22-43(6)36(39(34)45)14-15-38-42(5)19-17-35(32-10-12-33(13-11-32)40(48)49)41(3,4)37(42)18-20-44(38,43)7/h10-13,17,34,36-39H,1,9,14-16,18-30H2,2-8H3,(H,48,49). The number of aromatic carboxylic acids is 1. The van der Waals surface area contributed by atoms with Crippen LogP contribution in [0.25, 0.3) is 5.57 Å². The molecule has 9 unspecified atom stereocenters. The molecule has 52 heavy (non-hydrogen) atoms. The van der Waals surface area contributed by atoms with Crippen LogP contribution in [-0.2, 0) is 9.84 Å². The first-order chi connectivity index (χ1) is 24.4. The highest BCUT2D eigenvalue weighted by molar-refractivity contribution is 7.91. The summed E-state index contributed by atoms with van der Waals surface area (Å²) in [6, 6.07) is 7.62. The number of carboxylic acids is 1. The third-order valence-electron chi connectivity index (χ3n) is 17.3. The van der Waals surface area contributed by atoms with Crippen LogP contribution in [0.15, 0.2) is 42.5 Å². The minimum Gasteiger partial charge on any atom is -0.478 e. The molecule has 1 aromatic carbocycles. The maximum Gasteiger partial charge on any atom is 0.335 e. The van der Waals surface area contributed by atoms with Crippen molar-refractivity contribution in [3.8, 4) is 0 Å². The Balaban J connectivity index is 1.11. The van der Waals surface area contributed by atoms with Crippen molar-refractivity contribution < 1.29 is 18.3 Å². The number of hydrogen-bond donors (Lipinski definition) is 1. The molecule has 4 saturated carbocycles. The minimum absolute atomic E-state index is 0.0192. The van der Waals surface area contributed by atoms with Crippen molar-refractivity contribution >= 4 is 21.4 Å². The van der Waals surface area contributed by atoms with E-state index in [1.54, 1.807) is 12.1 Å². The SMILES string of the molecule is C=C(C)C1CCC2(CN(C)CCCN3CCS(=O)(=O)CC3)CCC3(C)C(CCC4C5(C)CC=C(c6ccc(C(=O)O)cc6)C(C)(C)C5CCC43C)C12. The molecule has 1 heterocycles. The number of hydrogen-bond acceptors (Lipinski definition) is 5. The second-order valence-corrected chi connectivity index (χ2v) is 22.4. The Morgan fingerprint density at radius 2 is 1.62 bits per heavy atom. The van der Waals surface area contributed by atoms with Crippen LogP contribution in [0.4, 0.5) is 0 Å². The summed E-state index contributed by atoms with van der Waals surface area (Å²) in [6.45, 7) is 24.7. The van der Waals surface area contributed by atoms with Crippen LogP contribution < -0.4 is 0 Å². The fraction of sp³-hybridized carbons (Fsp3) is 0.756. The van der Waals surface area contributed by atoms with Gasteiger partial charge in [-0.1, -0.05) is 65.0 Å². The first kappa shape index (κ1) is 38.3. The number of benzene rings is 1. The van der Waals surface area contributed by atoms with Crippen molar-refractivity contribution in [3.05, 3.63) is 53.6 Å². The Kier molecular flexibility index (Phi) is 9.85. The topological polar surface area (TPSA) is 77.9 Å². The normalized spacial score (nSPS) is 40.9. The molecule has 0 spiro atoms. The largest absolute Gasteiger partial charge is 0.478 e. The molecule has 5 fully saturated rings. The Labute approximate surface area is 315 Å². The number of rotatable bonds is 9. The van der Waals surface area contributed by atoms with Gasteiger partial charge in [0.05, 0.1) is 17.1 Å². The van der Waals surface area contributed by atoms with E-state index in [0.29, 0.717) is 70.1 Å². The second kappa shape index (κ2) is 13.4. The fourth-order valence-corrected chi connectivity index (χ4v) is 15.9. The van der Waals surface area contributed by atoms with E-state index >= 15 is 0 Å². The molecule has 1 N–H and O–H groups in total. The lowest BCUT2D eigenvalue weighted by Crippen LogP contribution is -2.65. The van der Waals surface area contributed by atoms with Gasteiger partial charge in [0.15, 0.2) is 9.84 Å². The van der Waals surface area contributed by atoms with Gasteiger partial charge in [0.2, 0.25) is 0 Å². The van der Waals surface area contributed by atoms with Crippen LogP contribution in [0.1, 0.15) is 122 Å². The summed E-state index contributed by atoms with van der Waals surface area (Å²) in [5.74, 6) is 3.10. The van der Waals surface area contributed by atoms with Crippen molar-refractivity contribution in [2.75, 3.05) is 51.3 Å². The molecule has 0 amide bonds. The Morgan fingerprint density at radius 3 is 2.27 bits per heavy atom. The lowest BCUT2D eigenvalue weighted by molar-refractivity contribution is -0.226. The van der Waals surface area contributed by atoms with Gasteiger partial charge < -0.3 is 14.9 Å². The second-order valence-electron chi connectivity index (χ2n) is 20.1. The van der Waals surface area contributed by atoms with E-state index in [9.17, 15) is 18.3 Å². The molecule has 0 aromatic heterocycles. The maximum absolute atomic E-state index is 11.9. The fourth-order valence-electron chi connectivity index (χ4n) is 14.6. The van der Waals surface area contributed by atoms with E-state index in [1.165, 1.54) is 74.6 Å². The van der Waals surface area contributed by atoms with Gasteiger partial charge in [-0.3, -0.25) is 0 Å². The third-order valence-corrected chi connectivity index (χ3v) is 18.9. The van der Waals surface area contributed by atoms with Crippen LogP contribution in [0.2, 0.25) is 0 Å². The number of sulfone groups is 1. The first-order valence-electron chi connectivity index (χ1n) is 20.7. The zero-order valence-corrected chi connectivity index (χ0v) is 34.3. The van der Waals surface area contributed by atoms with Gasteiger partial charge in [-0.15, -0.1) is 0 Å². The molecule has 0 bridgehead atoms.